The number of phosphoric acid groups is 1. The van der Waals surface area contributed by atoms with Gasteiger partial charge in [-0.2, -0.15) is 0 Å². The van der Waals surface area contributed by atoms with Crippen LogP contribution in [0.2, 0.25) is 0 Å². The molecule has 2 aliphatic heterocycles. The predicted molar refractivity (Wildman–Crippen MR) is 365 cm³/mol. The summed E-state index contributed by atoms with van der Waals surface area (Å²) in [6.45, 7) is 3.47. The molecule has 572 valence electrons. The van der Waals surface area contributed by atoms with E-state index < -0.39 is 156 Å². The minimum Gasteiger partial charge on any atom is -0.463 e. The lowest BCUT2D eigenvalue weighted by Crippen LogP contribution is -2.69. The third-order valence-electron chi connectivity index (χ3n) is 19.1. The average Bonchev–Trinajstić information content (AvgIpc) is 0.763. The van der Waals surface area contributed by atoms with Crippen molar-refractivity contribution in [2.75, 3.05) is 26.4 Å². The topological polar surface area (TPSA) is 374 Å². The van der Waals surface area contributed by atoms with Crippen molar-refractivity contribution in [2.45, 2.75) is 414 Å². The molecule has 2 saturated heterocycles. The van der Waals surface area contributed by atoms with Gasteiger partial charge >= 0.3 is 25.7 Å². The summed E-state index contributed by atoms with van der Waals surface area (Å²) < 4.78 is 65.0. The lowest BCUT2D eigenvalue weighted by atomic mass is 9.84. The molecule has 97 heavy (non-hydrogen) atoms. The highest BCUT2D eigenvalue weighted by molar-refractivity contribution is 7.47. The van der Waals surface area contributed by atoms with Gasteiger partial charge in [-0.05, 0) is 19.3 Å². The number of aliphatic hydroxyl groups excluding tert-OH is 10. The van der Waals surface area contributed by atoms with Crippen LogP contribution in [0.25, 0.3) is 0 Å². The number of carbonyl (C=O) groups excluding carboxylic acids is 3. The molecule has 18 atom stereocenters. The first-order valence-electron chi connectivity index (χ1n) is 38.3. The first kappa shape index (κ1) is 89.2. The number of hydrogen-bond donors (Lipinski definition) is 11. The highest BCUT2D eigenvalue weighted by atomic mass is 31.2. The zero-order chi connectivity index (χ0) is 71.1. The van der Waals surface area contributed by atoms with Crippen molar-refractivity contribution in [1.29, 1.82) is 0 Å². The summed E-state index contributed by atoms with van der Waals surface area (Å²) in [5, 5.41) is 110. The minimum absolute atomic E-state index is 0.0331. The molecule has 0 aromatic rings. The van der Waals surface area contributed by atoms with Crippen molar-refractivity contribution in [3.63, 3.8) is 0 Å². The molecule has 0 amide bonds. The zero-order valence-electron chi connectivity index (χ0n) is 59.6. The van der Waals surface area contributed by atoms with Gasteiger partial charge in [-0.1, -0.05) is 271 Å². The highest BCUT2D eigenvalue weighted by Crippen LogP contribution is 2.49. The maximum absolute atomic E-state index is 14.3. The number of phosphoric ester groups is 1. The fourth-order valence-electron chi connectivity index (χ4n) is 12.9. The maximum Gasteiger partial charge on any atom is 0.472 e. The van der Waals surface area contributed by atoms with E-state index in [2.05, 4.69) is 20.8 Å². The molecule has 0 spiro atoms. The van der Waals surface area contributed by atoms with Gasteiger partial charge in [0.15, 0.2) is 18.7 Å². The Morgan fingerprint density at radius 1 is 0.361 bits per heavy atom. The van der Waals surface area contributed by atoms with E-state index in [1.54, 1.807) is 0 Å². The number of rotatable bonds is 60. The predicted octanol–water partition coefficient (Wildman–Crippen LogP) is 10.6. The lowest BCUT2D eigenvalue weighted by Gasteiger charge is -2.49. The number of aliphatic hydroxyl groups is 10. The Bertz CT molecular complexity index is 2010. The summed E-state index contributed by atoms with van der Waals surface area (Å²) in [5.74, 6) is -1.97. The van der Waals surface area contributed by atoms with Crippen LogP contribution < -0.4 is 0 Å². The molecule has 3 rings (SSSR count). The quantitative estimate of drug-likeness (QED) is 0.0117. The number of unbranched alkanes of at least 4 members (excludes halogenated alkanes) is 39. The van der Waals surface area contributed by atoms with Crippen LogP contribution in [0.15, 0.2) is 0 Å². The van der Waals surface area contributed by atoms with E-state index in [1.165, 1.54) is 154 Å². The monoisotopic (exact) mass is 1410 g/mol. The molecule has 0 radical (unpaired) electrons. The largest absolute Gasteiger partial charge is 0.472 e. The van der Waals surface area contributed by atoms with E-state index in [-0.39, 0.29) is 19.3 Å². The summed E-state index contributed by atoms with van der Waals surface area (Å²) in [7, 11) is -5.69. The van der Waals surface area contributed by atoms with Crippen LogP contribution in [0.3, 0.4) is 0 Å². The molecule has 0 aromatic heterocycles. The van der Waals surface area contributed by atoms with Gasteiger partial charge in [0.1, 0.15) is 98.7 Å². The molecule has 3 fully saturated rings. The van der Waals surface area contributed by atoms with Crippen LogP contribution in [-0.2, 0) is 61.2 Å². The zero-order valence-corrected chi connectivity index (χ0v) is 60.5. The first-order valence-corrected chi connectivity index (χ1v) is 39.8. The van der Waals surface area contributed by atoms with Crippen LogP contribution in [0.4, 0.5) is 0 Å². The Hall–Kier alpha value is -2.04. The summed E-state index contributed by atoms with van der Waals surface area (Å²) in [5.41, 5.74) is 0. The third kappa shape index (κ3) is 37.8. The standard InChI is InChI=1S/C72H135O24P/c1-4-7-10-13-16-19-22-24-26-28-29-32-35-38-41-44-47-57(75)89-52-55-60(78)62(80)67(85)72(93-55)95-69-65(83)63(81)64(82)68(94-71-66(84)61(79)59(77)54(49-73)92-71)70(69)96-97(86,87)90-51-53(50-88-56(74)46-43-40-37-34-31-21-18-15-12-9-6-3)91-58(76)48-45-42-39-36-33-30-27-25-23-20-17-14-11-8-5-2/h53-55,59-73,77-85H,4-52H2,1-3H3,(H,86,87). The fraction of sp³-hybridized carbons (Fsp3) is 0.958. The van der Waals surface area contributed by atoms with Gasteiger partial charge in [0, 0.05) is 19.3 Å². The van der Waals surface area contributed by atoms with Crippen LogP contribution in [-0.4, -0.2) is 204 Å². The smallest absolute Gasteiger partial charge is 0.463 e. The van der Waals surface area contributed by atoms with E-state index in [4.69, 9.17) is 42.2 Å². The van der Waals surface area contributed by atoms with Gasteiger partial charge in [0.2, 0.25) is 0 Å². The van der Waals surface area contributed by atoms with Crippen LogP contribution in [0.5, 0.6) is 0 Å². The maximum atomic E-state index is 14.3. The number of esters is 3. The minimum atomic E-state index is -5.69. The Morgan fingerprint density at radius 3 is 1.01 bits per heavy atom. The highest BCUT2D eigenvalue weighted by Gasteiger charge is 2.58. The van der Waals surface area contributed by atoms with Crippen molar-refractivity contribution >= 4 is 25.7 Å². The van der Waals surface area contributed by atoms with Crippen molar-refractivity contribution in [3.8, 4) is 0 Å². The molecule has 0 bridgehead atoms. The molecule has 2 heterocycles. The molecule has 25 heteroatoms. The van der Waals surface area contributed by atoms with E-state index in [0.717, 1.165) is 96.3 Å². The Labute approximate surface area is 580 Å². The third-order valence-corrected chi connectivity index (χ3v) is 20.1. The number of hydrogen-bond acceptors (Lipinski definition) is 23. The Morgan fingerprint density at radius 2 is 0.660 bits per heavy atom. The molecule has 0 aromatic carbocycles. The molecular weight excluding hydrogens is 1280 g/mol. The second-order valence-corrected chi connectivity index (χ2v) is 29.1. The van der Waals surface area contributed by atoms with E-state index in [9.17, 15) is 74.9 Å². The van der Waals surface area contributed by atoms with Gasteiger partial charge < -0.3 is 89.1 Å². The molecule has 24 nitrogen and oxygen atoms in total. The lowest BCUT2D eigenvalue weighted by molar-refractivity contribution is -0.360. The fourth-order valence-corrected chi connectivity index (χ4v) is 13.8. The number of carbonyl (C=O) groups is 3. The van der Waals surface area contributed by atoms with Gasteiger partial charge in [-0.25, -0.2) is 4.57 Å². The van der Waals surface area contributed by atoms with Crippen molar-refractivity contribution in [3.05, 3.63) is 0 Å². The summed E-state index contributed by atoms with van der Waals surface area (Å²) in [6, 6.07) is 0. The molecule has 11 N–H and O–H groups in total. The molecular formula is C72H135O24P. The molecule has 1 aliphatic carbocycles. The first-order chi connectivity index (χ1) is 46.8. The van der Waals surface area contributed by atoms with E-state index >= 15 is 0 Å². The van der Waals surface area contributed by atoms with Crippen LogP contribution in [0, 0.1) is 0 Å². The van der Waals surface area contributed by atoms with Crippen molar-refractivity contribution < 1.29 is 117 Å². The van der Waals surface area contributed by atoms with Gasteiger partial charge in [0.05, 0.1) is 13.2 Å². The Kier molecular flexibility index (Phi) is 50.2. The summed E-state index contributed by atoms with van der Waals surface area (Å²) in [6.07, 6.45) is 11.7. The van der Waals surface area contributed by atoms with Gasteiger partial charge in [-0.3, -0.25) is 23.4 Å². The van der Waals surface area contributed by atoms with Gasteiger partial charge in [0.25, 0.3) is 0 Å². The average molecular weight is 1420 g/mol. The number of ether oxygens (including phenoxy) is 7. The van der Waals surface area contributed by atoms with Crippen LogP contribution in [0.1, 0.15) is 310 Å². The van der Waals surface area contributed by atoms with E-state index in [0.29, 0.717) is 19.3 Å². The molecule has 1 saturated carbocycles. The van der Waals surface area contributed by atoms with Crippen molar-refractivity contribution in [1.82, 2.24) is 0 Å². The summed E-state index contributed by atoms with van der Waals surface area (Å²) in [4.78, 5) is 51.0. The molecule has 3 aliphatic rings. The SMILES string of the molecule is CCCCCCCCCCCCCCCCCCC(=O)OCC1OC(OC2C(O)C(O)C(O)C(OC3OC(CO)C(O)C(O)C3O)C2OP(=O)(O)OCC(COC(=O)CCCCCCCCCCCCC)OC(=O)CCCCCCCCCCCCCCCCC)C(O)C(O)C1O. The van der Waals surface area contributed by atoms with E-state index in [1.807, 2.05) is 0 Å². The van der Waals surface area contributed by atoms with Crippen LogP contribution >= 0.6 is 7.82 Å². The second-order valence-electron chi connectivity index (χ2n) is 27.7. The second kappa shape index (κ2) is 54.6. The Balaban J connectivity index is 1.72. The summed E-state index contributed by atoms with van der Waals surface area (Å²) >= 11 is 0. The molecule has 18 unspecified atom stereocenters. The van der Waals surface area contributed by atoms with Crippen molar-refractivity contribution in [2.24, 2.45) is 0 Å². The van der Waals surface area contributed by atoms with Gasteiger partial charge in [-0.15, -0.1) is 0 Å². The normalized spacial score (nSPS) is 27.7.